The van der Waals surface area contributed by atoms with Gasteiger partial charge in [0.1, 0.15) is 6.61 Å². The maximum atomic E-state index is 13.3. The van der Waals surface area contributed by atoms with E-state index in [0.29, 0.717) is 59.8 Å². The van der Waals surface area contributed by atoms with Crippen molar-refractivity contribution in [2.75, 3.05) is 58.9 Å². The summed E-state index contributed by atoms with van der Waals surface area (Å²) in [7, 11) is 3.67. The number of anilines is 1. The number of amides is 2. The van der Waals surface area contributed by atoms with Crippen LogP contribution in [0, 0.1) is 16.0 Å². The number of rotatable bonds is 24. The quantitative estimate of drug-likeness (QED) is 0.0190. The summed E-state index contributed by atoms with van der Waals surface area (Å²) in [6, 6.07) is 13.1. The first kappa shape index (κ1) is 44.2. The number of esters is 1. The molecule has 0 fully saturated rings. The molecule has 310 valence electrons. The van der Waals surface area contributed by atoms with E-state index in [1.54, 1.807) is 53.8 Å². The van der Waals surface area contributed by atoms with E-state index in [-0.39, 0.29) is 62.9 Å². The summed E-state index contributed by atoms with van der Waals surface area (Å²) in [5.74, 6) is -1.86. The molecule has 2 atom stereocenters. The fraction of sp³-hybridized carbons (Fsp3) is 0.436. The van der Waals surface area contributed by atoms with Crippen LogP contribution in [-0.2, 0) is 41.6 Å². The average molecular weight is 803 g/mol. The molecule has 1 unspecified atom stereocenters. The smallest absolute Gasteiger partial charge is 0.302 e. The maximum absolute atomic E-state index is 13.3. The highest BCUT2D eigenvalue weighted by Gasteiger charge is 2.24. The minimum atomic E-state index is -0.785. The van der Waals surface area contributed by atoms with Crippen molar-refractivity contribution in [2.45, 2.75) is 52.4 Å². The number of ether oxygens (including phenoxy) is 3. The third-order valence-corrected chi connectivity index (χ3v) is 8.43. The third kappa shape index (κ3) is 14.9. The summed E-state index contributed by atoms with van der Waals surface area (Å²) in [6.45, 7) is 4.95. The summed E-state index contributed by atoms with van der Waals surface area (Å²) in [4.78, 5) is 80.4. The number of carbonyl (C=O) groups is 4. The minimum absolute atomic E-state index is 0.0101. The van der Waals surface area contributed by atoms with Gasteiger partial charge in [0.2, 0.25) is 24.0 Å². The summed E-state index contributed by atoms with van der Waals surface area (Å²) in [5, 5.41) is 23.3. The lowest BCUT2D eigenvalue weighted by atomic mass is 9.93. The fourth-order valence-corrected chi connectivity index (χ4v) is 5.47. The molecule has 2 heterocycles. The van der Waals surface area contributed by atoms with Gasteiger partial charge in [0.05, 0.1) is 49.5 Å². The van der Waals surface area contributed by atoms with Crippen LogP contribution in [-0.4, -0.2) is 110 Å². The van der Waals surface area contributed by atoms with E-state index in [1.807, 2.05) is 21.0 Å². The van der Waals surface area contributed by atoms with Crippen LogP contribution >= 0.6 is 0 Å². The van der Waals surface area contributed by atoms with Gasteiger partial charge in [0.25, 0.3) is 5.69 Å². The number of nitro benzene ring substituents is 1. The van der Waals surface area contributed by atoms with Crippen LogP contribution in [0.3, 0.4) is 0 Å². The number of hydrogen-bond donors (Lipinski definition) is 4. The van der Waals surface area contributed by atoms with E-state index in [0.717, 1.165) is 5.56 Å². The molecule has 4 N–H and O–H groups in total. The number of Topliss-reactive ketones (excluding diaryl/α,β-unsaturated/α-hetero) is 1. The van der Waals surface area contributed by atoms with Gasteiger partial charge in [-0.15, -0.1) is 0 Å². The number of aromatic nitrogens is 2. The number of ketones is 1. The summed E-state index contributed by atoms with van der Waals surface area (Å²) in [6.07, 6.45) is 3.05. The van der Waals surface area contributed by atoms with Crippen molar-refractivity contribution >= 4 is 47.2 Å². The molecular weight excluding hydrogens is 752 g/mol. The number of carbonyl (C=O) groups excluding carboxylic acids is 4. The molecule has 19 nitrogen and oxygen atoms in total. The molecule has 1 aliphatic heterocycles. The highest BCUT2D eigenvalue weighted by molar-refractivity contribution is 5.99. The third-order valence-electron chi connectivity index (χ3n) is 8.43. The zero-order chi connectivity index (χ0) is 41.9. The molecule has 0 spiro atoms. The van der Waals surface area contributed by atoms with Gasteiger partial charge in [0, 0.05) is 82.7 Å². The highest BCUT2D eigenvalue weighted by Crippen LogP contribution is 2.19. The Balaban J connectivity index is 1.40. The van der Waals surface area contributed by atoms with Crippen LogP contribution in [0.1, 0.15) is 54.7 Å². The second kappa shape index (κ2) is 22.9. The molecule has 3 aromatic rings. The molecule has 1 aromatic heterocycles. The van der Waals surface area contributed by atoms with E-state index in [2.05, 4.69) is 36.2 Å². The predicted octanol–water partition coefficient (Wildman–Crippen LogP) is 1.22. The Kier molecular flexibility index (Phi) is 17.5. The lowest BCUT2D eigenvalue weighted by Gasteiger charge is -2.19. The predicted molar refractivity (Wildman–Crippen MR) is 213 cm³/mol. The van der Waals surface area contributed by atoms with Crippen molar-refractivity contribution in [1.82, 2.24) is 30.8 Å². The van der Waals surface area contributed by atoms with Crippen molar-refractivity contribution in [3.63, 3.8) is 0 Å². The zero-order valence-electron chi connectivity index (χ0n) is 33.1. The lowest BCUT2D eigenvalue weighted by molar-refractivity contribution is -0.384. The number of aliphatic imine (C=N–C) groups is 1. The molecular formula is C39H50N10O9. The highest BCUT2D eigenvalue weighted by atomic mass is 16.6. The topological polar surface area (TPSA) is 241 Å². The molecule has 0 aliphatic carbocycles. The standard InChI is InChI=1S/C39H50N10O9/c1-5-56-20-17-40-34(52)15-10-29(37(53)41-18-21-57-26(2)50)22-33(51)28-8-11-30(12-9-28)42-23-31-24-43-36-35(45-31)38(47-39(46-36)44-25-48(3)4)58-19-16-27-6-13-32(14-7-27)49(54)55/h6-9,11-14,24-25,29,39,42,47H,5,10,15-23H2,1-4H3,(H,40,52)(H,41,53)/b44-25+/t29-,39?/m1/s1. The number of non-ortho nitro benzene ring substituents is 1. The Hall–Kier alpha value is -6.50. The van der Waals surface area contributed by atoms with Gasteiger partial charge >= 0.3 is 5.97 Å². The van der Waals surface area contributed by atoms with Crippen LogP contribution < -0.4 is 32.1 Å². The van der Waals surface area contributed by atoms with E-state index in [4.69, 9.17) is 19.2 Å². The maximum Gasteiger partial charge on any atom is 0.302 e. The molecule has 0 saturated heterocycles. The van der Waals surface area contributed by atoms with E-state index in [9.17, 15) is 29.3 Å². The molecule has 0 bridgehead atoms. The first-order valence-electron chi connectivity index (χ1n) is 18.8. The second-order valence-corrected chi connectivity index (χ2v) is 13.2. The van der Waals surface area contributed by atoms with Crippen molar-refractivity contribution in [3.8, 4) is 0 Å². The molecule has 58 heavy (non-hydrogen) atoms. The largest absolute Gasteiger partial charge is 0.477 e. The molecule has 2 amide bonds. The fourth-order valence-electron chi connectivity index (χ4n) is 5.47. The molecule has 0 radical (unpaired) electrons. The Morgan fingerprint density at radius 1 is 1.03 bits per heavy atom. The number of nitrogens with zero attached hydrogens (tertiary/aromatic N) is 6. The number of nitrogens with one attached hydrogen (secondary N) is 4. The Morgan fingerprint density at radius 3 is 2.47 bits per heavy atom. The molecule has 19 heteroatoms. The zero-order valence-corrected chi connectivity index (χ0v) is 33.1. The van der Waals surface area contributed by atoms with Gasteiger partial charge < -0.3 is 40.4 Å². The number of benzene rings is 2. The van der Waals surface area contributed by atoms with Gasteiger partial charge in [-0.05, 0) is 43.2 Å². The van der Waals surface area contributed by atoms with Gasteiger partial charge in [0.15, 0.2) is 16.6 Å². The monoisotopic (exact) mass is 802 g/mol. The van der Waals surface area contributed by atoms with Gasteiger partial charge in [-0.2, -0.15) is 0 Å². The van der Waals surface area contributed by atoms with Gasteiger partial charge in [-0.1, -0.05) is 12.1 Å². The molecule has 2 aromatic carbocycles. The van der Waals surface area contributed by atoms with E-state index < -0.39 is 29.0 Å². The normalized spacial score (nSPS) is 13.7. The van der Waals surface area contributed by atoms with Crippen molar-refractivity contribution in [2.24, 2.45) is 15.9 Å². The van der Waals surface area contributed by atoms with Crippen molar-refractivity contribution < 1.29 is 38.3 Å². The summed E-state index contributed by atoms with van der Waals surface area (Å²) in [5.41, 5.74) is 2.88. The van der Waals surface area contributed by atoms with Crippen LogP contribution in [0.5, 0.6) is 0 Å². The van der Waals surface area contributed by atoms with Gasteiger partial charge in [-0.25, -0.2) is 20.0 Å². The van der Waals surface area contributed by atoms with Crippen molar-refractivity contribution in [3.05, 3.63) is 92.5 Å². The lowest BCUT2D eigenvalue weighted by Crippen LogP contribution is -2.47. The van der Waals surface area contributed by atoms with Crippen molar-refractivity contribution in [1.29, 1.82) is 0 Å². The molecule has 0 saturated carbocycles. The first-order chi connectivity index (χ1) is 27.9. The molecule has 4 rings (SSSR count). The van der Waals surface area contributed by atoms with Crippen LogP contribution in [0.15, 0.2) is 64.7 Å². The molecule has 1 aliphatic rings. The summed E-state index contributed by atoms with van der Waals surface area (Å²) >= 11 is 0. The Morgan fingerprint density at radius 2 is 1.78 bits per heavy atom. The van der Waals surface area contributed by atoms with E-state index in [1.165, 1.54) is 19.1 Å². The second-order valence-electron chi connectivity index (χ2n) is 13.2. The number of nitro groups is 1. The SMILES string of the molecule is CCOCCNC(=O)CC[C@H](CC(=O)c1ccc(NCc2cnc3c(n2)=C(OCCc2ccc([N+](=O)[O-])cc2)NC(/N=C/N(C)C)N=3)cc1)C(=O)NCCOC(C)=O. The van der Waals surface area contributed by atoms with Gasteiger partial charge in [-0.3, -0.25) is 29.3 Å². The van der Waals surface area contributed by atoms with Crippen LogP contribution in [0.25, 0.3) is 5.88 Å². The average Bonchev–Trinajstić information content (AvgIpc) is 3.21. The van der Waals surface area contributed by atoms with Crippen LogP contribution in [0.4, 0.5) is 11.4 Å². The Labute approximate surface area is 335 Å². The first-order valence-corrected chi connectivity index (χ1v) is 18.8. The minimum Gasteiger partial charge on any atom is -0.477 e. The summed E-state index contributed by atoms with van der Waals surface area (Å²) < 4.78 is 16.2. The Bertz CT molecular complexity index is 2030. The number of hydrogen-bond acceptors (Lipinski definition) is 15. The van der Waals surface area contributed by atoms with Crippen LogP contribution in [0.2, 0.25) is 0 Å². The van der Waals surface area contributed by atoms with E-state index >= 15 is 0 Å². The number of fused-ring (bicyclic) bond motifs is 1.